The Morgan fingerprint density at radius 3 is 1.58 bits per heavy atom. The summed E-state index contributed by atoms with van der Waals surface area (Å²) in [5, 5.41) is 3.34. The highest BCUT2D eigenvalue weighted by Gasteiger charge is 2.19. The first-order valence-corrected chi connectivity index (χ1v) is 22.1. The van der Waals surface area contributed by atoms with Crippen LogP contribution in [0.3, 0.4) is 0 Å². The zero-order valence-corrected chi connectivity index (χ0v) is 38.6. The maximum atomic E-state index is 5.76. The number of hydrogen-bond acceptors (Lipinski definition) is 16. The van der Waals surface area contributed by atoms with Crippen molar-refractivity contribution in [2.45, 2.75) is 0 Å². The fraction of sp³-hybridized carbons (Fsp3) is 0.375. The summed E-state index contributed by atoms with van der Waals surface area (Å²) in [4.78, 5) is 26.5. The highest BCUT2D eigenvalue weighted by molar-refractivity contribution is 5.81. The lowest BCUT2D eigenvalue weighted by atomic mass is 10.2. The maximum Gasteiger partial charge on any atom is 0.144 e. The average Bonchev–Trinajstić information content (AvgIpc) is 3.95. The topological polar surface area (TPSA) is 168 Å². The van der Waals surface area contributed by atoms with Gasteiger partial charge in [0.15, 0.2) is 0 Å². The molecule has 0 radical (unpaired) electrons. The van der Waals surface area contributed by atoms with E-state index in [1.807, 2.05) is 71.6 Å². The number of pyridine rings is 2. The highest BCUT2D eigenvalue weighted by atomic mass is 16.5. The van der Waals surface area contributed by atoms with E-state index in [9.17, 15) is 0 Å². The van der Waals surface area contributed by atoms with E-state index in [4.69, 9.17) is 34.2 Å². The molecule has 348 valence electrons. The van der Waals surface area contributed by atoms with Crippen LogP contribution in [-0.2, 0) is 28.3 Å². The first-order chi connectivity index (χ1) is 32.2. The second-order valence-electron chi connectivity index (χ2n) is 15.9. The van der Waals surface area contributed by atoms with Crippen LogP contribution in [0.25, 0.3) is 22.1 Å². The Morgan fingerprint density at radius 2 is 1.03 bits per heavy atom. The summed E-state index contributed by atoms with van der Waals surface area (Å²) in [6, 6.07) is 22.4. The number of morpholine rings is 3. The number of nitrogens with zero attached hydrogens (tertiary/aromatic N) is 10. The van der Waals surface area contributed by atoms with Crippen molar-refractivity contribution in [2.24, 2.45) is 14.1 Å². The summed E-state index contributed by atoms with van der Waals surface area (Å²) in [6.45, 7) is 10.1. The molecule has 3 aromatic carbocycles. The summed E-state index contributed by atoms with van der Waals surface area (Å²) in [5.41, 5.74) is 15.6. The van der Waals surface area contributed by atoms with Crippen molar-refractivity contribution < 1.29 is 28.4 Å². The molecule has 0 amide bonds. The predicted octanol–water partition coefficient (Wildman–Crippen LogP) is 6.25. The van der Waals surface area contributed by atoms with Crippen molar-refractivity contribution in [3.05, 3.63) is 91.8 Å². The fourth-order valence-electron chi connectivity index (χ4n) is 8.04. The normalized spacial score (nSPS) is 15.1. The number of imidazole rings is 2. The Hall–Kier alpha value is -7.02. The zero-order valence-electron chi connectivity index (χ0n) is 38.6. The van der Waals surface area contributed by atoms with E-state index in [2.05, 4.69) is 70.3 Å². The first kappa shape index (κ1) is 45.5. The van der Waals surface area contributed by atoms with E-state index >= 15 is 0 Å². The number of anilines is 8. The molecule has 4 aromatic heterocycles. The largest absolute Gasteiger partial charge is 0.495 e. The number of benzene rings is 3. The Labute approximate surface area is 385 Å². The number of fused-ring (bicyclic) bond motifs is 2. The second kappa shape index (κ2) is 21.3. The van der Waals surface area contributed by atoms with Crippen LogP contribution in [0, 0.1) is 0 Å². The van der Waals surface area contributed by atoms with E-state index in [-0.39, 0.29) is 0 Å². The van der Waals surface area contributed by atoms with Crippen molar-refractivity contribution in [1.29, 1.82) is 0 Å². The highest BCUT2D eigenvalue weighted by Crippen LogP contribution is 2.37. The molecule has 0 atom stereocenters. The Bertz CT molecular complexity index is 2690. The molecular formula is C48H60N12O6. The molecule has 3 aliphatic heterocycles. The summed E-state index contributed by atoms with van der Waals surface area (Å²) in [7, 11) is 11.0. The maximum absolute atomic E-state index is 5.76. The zero-order chi connectivity index (χ0) is 46.0. The molecule has 10 rings (SSSR count). The minimum atomic E-state index is 0.675. The van der Waals surface area contributed by atoms with Crippen molar-refractivity contribution in [3.8, 4) is 17.2 Å². The molecule has 0 aliphatic carbocycles. The summed E-state index contributed by atoms with van der Waals surface area (Å²) < 4.78 is 36.6. The molecule has 7 heterocycles. The van der Waals surface area contributed by atoms with Gasteiger partial charge in [0.2, 0.25) is 0 Å². The Kier molecular flexibility index (Phi) is 14.7. The molecule has 66 heavy (non-hydrogen) atoms. The molecule has 0 saturated carbocycles. The van der Waals surface area contributed by atoms with E-state index in [1.54, 1.807) is 46.4 Å². The van der Waals surface area contributed by atoms with E-state index in [1.165, 1.54) is 0 Å². The Morgan fingerprint density at radius 1 is 0.561 bits per heavy atom. The lowest BCUT2D eigenvalue weighted by molar-refractivity contribution is 0.122. The molecule has 3 aliphatic rings. The quantitative estimate of drug-likeness (QED) is 0.148. The van der Waals surface area contributed by atoms with Crippen LogP contribution in [0.1, 0.15) is 0 Å². The van der Waals surface area contributed by atoms with Crippen LogP contribution in [0.2, 0.25) is 0 Å². The van der Waals surface area contributed by atoms with Gasteiger partial charge in [-0.2, -0.15) is 0 Å². The van der Waals surface area contributed by atoms with E-state index in [0.29, 0.717) is 5.69 Å². The third-order valence-electron chi connectivity index (χ3n) is 11.9. The van der Waals surface area contributed by atoms with Gasteiger partial charge < -0.3 is 68.2 Å². The monoisotopic (exact) mass is 900 g/mol. The van der Waals surface area contributed by atoms with Crippen LogP contribution < -0.4 is 44.9 Å². The van der Waals surface area contributed by atoms with Gasteiger partial charge in [0.1, 0.15) is 39.9 Å². The van der Waals surface area contributed by atoms with Gasteiger partial charge in [-0.1, -0.05) is 0 Å². The van der Waals surface area contributed by atoms with Gasteiger partial charge in [0.25, 0.3) is 0 Å². The van der Waals surface area contributed by atoms with Crippen LogP contribution in [0.4, 0.5) is 45.8 Å². The molecule has 0 unspecified atom stereocenters. The van der Waals surface area contributed by atoms with Gasteiger partial charge in [0, 0.05) is 108 Å². The third kappa shape index (κ3) is 10.6. The van der Waals surface area contributed by atoms with Crippen molar-refractivity contribution in [1.82, 2.24) is 29.1 Å². The lowest BCUT2D eigenvalue weighted by Gasteiger charge is -2.30. The van der Waals surface area contributed by atoms with Gasteiger partial charge in [0.05, 0.1) is 114 Å². The molecule has 3 N–H and O–H groups in total. The van der Waals surface area contributed by atoms with Crippen molar-refractivity contribution in [2.75, 3.05) is 138 Å². The molecule has 3 fully saturated rings. The van der Waals surface area contributed by atoms with Gasteiger partial charge in [-0.25, -0.2) is 19.9 Å². The minimum Gasteiger partial charge on any atom is -0.495 e. The lowest BCUT2D eigenvalue weighted by Crippen LogP contribution is -2.36. The number of nitrogens with two attached hydrogens (primary N) is 1. The second-order valence-corrected chi connectivity index (χ2v) is 15.9. The van der Waals surface area contributed by atoms with Gasteiger partial charge in [-0.3, -0.25) is 0 Å². The molecule has 18 nitrogen and oxygen atoms in total. The molecule has 3 saturated heterocycles. The van der Waals surface area contributed by atoms with Crippen LogP contribution in [0.5, 0.6) is 17.2 Å². The van der Waals surface area contributed by atoms with E-state index < -0.39 is 0 Å². The van der Waals surface area contributed by atoms with E-state index in [0.717, 1.165) is 158 Å². The first-order valence-electron chi connectivity index (χ1n) is 22.1. The number of aryl methyl sites for hydroxylation is 2. The fourth-order valence-corrected chi connectivity index (χ4v) is 8.04. The number of nitrogens with one attached hydrogen (secondary N) is 1. The molecular weight excluding hydrogens is 841 g/mol. The average molecular weight is 901 g/mol. The predicted molar refractivity (Wildman–Crippen MR) is 261 cm³/mol. The van der Waals surface area contributed by atoms with Gasteiger partial charge >= 0.3 is 0 Å². The number of rotatable bonds is 10. The molecule has 18 heteroatoms. The number of ether oxygens (including phenoxy) is 6. The van der Waals surface area contributed by atoms with Gasteiger partial charge in [-0.05, 0) is 36.4 Å². The van der Waals surface area contributed by atoms with Crippen molar-refractivity contribution >= 4 is 67.8 Å². The molecule has 7 aromatic rings. The summed E-state index contributed by atoms with van der Waals surface area (Å²) >= 11 is 0. The number of hydrogen-bond donors (Lipinski definition) is 2. The standard InChI is InChI=1S/C19H23N5O2.C18H21N5O2.C11H16N2O2/c1-22-13-21-15-12-20-19(11-17(15)22)23(2)16-5-4-14(10-18(16)25-3)24-6-8-26-9-7-24;1-22-12-20-15-11-19-18(10-16(15)22)21-14-4-3-13(9-17(14)24-2)23-5-7-25-8-6-23;1-14-11-8-9(2-3-10(11)12)13-4-6-15-7-5-13/h4-5,10-13H,6-9H2,1-3H3;3-4,9-12H,5-8H2,1-2H3,(H,19,21);2-3,8H,4-7,12H2,1H3. The third-order valence-corrected chi connectivity index (χ3v) is 11.9. The molecule has 0 bridgehead atoms. The Balaban J connectivity index is 0.000000140. The SMILES string of the molecule is COc1cc(N2CCOCC2)ccc1N.COc1cc(N2CCOCC2)ccc1N(C)c1cc2c(cn1)ncn2C.COc1cc(N2CCOCC2)ccc1Nc1cc2c(cn1)ncn2C. The van der Waals surface area contributed by atoms with Crippen LogP contribution in [-0.4, -0.2) is 136 Å². The van der Waals surface area contributed by atoms with Crippen molar-refractivity contribution in [3.63, 3.8) is 0 Å². The summed E-state index contributed by atoms with van der Waals surface area (Å²) in [5.74, 6) is 3.95. The molecule has 0 spiro atoms. The summed E-state index contributed by atoms with van der Waals surface area (Å²) in [6.07, 6.45) is 7.16. The van der Waals surface area contributed by atoms with Gasteiger partial charge in [-0.15, -0.1) is 0 Å². The van der Waals surface area contributed by atoms with Crippen LogP contribution >= 0.6 is 0 Å². The van der Waals surface area contributed by atoms with Crippen LogP contribution in [0.15, 0.2) is 91.8 Å². The smallest absolute Gasteiger partial charge is 0.144 e. The number of methoxy groups -OCH3 is 3. The number of nitrogen functional groups attached to an aromatic ring is 1. The minimum absolute atomic E-state index is 0.675. The number of aromatic nitrogens is 6.